The number of rotatable bonds is 4. The van der Waals surface area contributed by atoms with Crippen LogP contribution in [0, 0.1) is 11.3 Å². The van der Waals surface area contributed by atoms with Crippen molar-refractivity contribution in [2.24, 2.45) is 11.3 Å². The smallest absolute Gasteiger partial charge is 0.228 e. The molecule has 0 bridgehead atoms. The van der Waals surface area contributed by atoms with Gasteiger partial charge in [-0.15, -0.1) is 0 Å². The highest BCUT2D eigenvalue weighted by molar-refractivity contribution is 6.30. The topological polar surface area (TPSA) is 38.3 Å². The molecule has 4 heteroatoms. The Hall–Kier alpha value is -2.00. The van der Waals surface area contributed by atoms with Crippen molar-refractivity contribution in [2.75, 3.05) is 5.32 Å². The van der Waals surface area contributed by atoms with E-state index in [4.69, 9.17) is 16.3 Å². The molecular weight excluding hydrogens is 298 g/mol. The molecule has 1 unspecified atom stereocenters. The number of carbonyl (C=O) groups excluding carboxylic acids is 1. The third-order valence-electron chi connectivity index (χ3n) is 4.00. The summed E-state index contributed by atoms with van der Waals surface area (Å²) in [5, 5.41) is 3.62. The number of halogens is 1. The van der Waals surface area contributed by atoms with E-state index in [-0.39, 0.29) is 17.2 Å². The van der Waals surface area contributed by atoms with Gasteiger partial charge in [0, 0.05) is 16.6 Å². The summed E-state index contributed by atoms with van der Waals surface area (Å²) in [5.41, 5.74) is 0.929. The maximum absolute atomic E-state index is 12.0. The highest BCUT2D eigenvalue weighted by atomic mass is 35.5. The van der Waals surface area contributed by atoms with E-state index in [2.05, 4.69) is 19.2 Å². The van der Waals surface area contributed by atoms with Crippen LogP contribution in [0.5, 0.6) is 11.5 Å². The molecule has 114 valence electrons. The molecule has 1 N–H and O–H groups in total. The van der Waals surface area contributed by atoms with Crippen LogP contribution in [-0.2, 0) is 4.79 Å². The zero-order valence-electron chi connectivity index (χ0n) is 12.6. The summed E-state index contributed by atoms with van der Waals surface area (Å²) in [6.45, 7) is 4.22. The first kappa shape index (κ1) is 14.9. The van der Waals surface area contributed by atoms with Gasteiger partial charge in [-0.2, -0.15) is 0 Å². The lowest BCUT2D eigenvalue weighted by Gasteiger charge is -2.09. The molecule has 0 aromatic heterocycles. The summed E-state index contributed by atoms with van der Waals surface area (Å²) >= 11 is 5.84. The van der Waals surface area contributed by atoms with Gasteiger partial charge in [-0.25, -0.2) is 0 Å². The Labute approximate surface area is 135 Å². The molecule has 1 amide bonds. The molecule has 0 saturated heterocycles. The fourth-order valence-electron chi connectivity index (χ4n) is 2.39. The monoisotopic (exact) mass is 315 g/mol. The SMILES string of the molecule is CC1(C)CC1C(=O)Nc1ccc(Oc2ccc(Cl)cc2)cc1. The standard InChI is InChI=1S/C18H18ClNO2/c1-18(2)11-16(18)17(21)20-13-5-9-15(10-6-13)22-14-7-3-12(19)4-8-14/h3-10,16H,11H2,1-2H3,(H,20,21). The minimum Gasteiger partial charge on any atom is -0.457 e. The van der Waals surface area contributed by atoms with Crippen LogP contribution in [0.4, 0.5) is 5.69 Å². The van der Waals surface area contributed by atoms with Crippen molar-refractivity contribution in [3.8, 4) is 11.5 Å². The van der Waals surface area contributed by atoms with Gasteiger partial charge < -0.3 is 10.1 Å². The van der Waals surface area contributed by atoms with Crippen LogP contribution in [0.3, 0.4) is 0 Å². The van der Waals surface area contributed by atoms with E-state index < -0.39 is 0 Å². The lowest BCUT2D eigenvalue weighted by Crippen LogP contribution is -2.16. The van der Waals surface area contributed by atoms with Crippen LogP contribution in [0.1, 0.15) is 20.3 Å². The maximum atomic E-state index is 12.0. The Morgan fingerprint density at radius 1 is 1.09 bits per heavy atom. The molecule has 0 heterocycles. The third-order valence-corrected chi connectivity index (χ3v) is 4.25. The van der Waals surface area contributed by atoms with Crippen LogP contribution >= 0.6 is 11.6 Å². The molecular formula is C18H18ClNO2. The average Bonchev–Trinajstić information content (AvgIpc) is 3.13. The highest BCUT2D eigenvalue weighted by Gasteiger charge is 2.50. The Morgan fingerprint density at radius 2 is 1.59 bits per heavy atom. The molecule has 2 aromatic rings. The normalized spacial score (nSPS) is 18.6. The summed E-state index contributed by atoms with van der Waals surface area (Å²) in [5.74, 6) is 1.65. The molecule has 1 atom stereocenters. The summed E-state index contributed by atoms with van der Waals surface area (Å²) < 4.78 is 5.71. The predicted octanol–water partition coefficient (Wildman–Crippen LogP) is 5.12. The van der Waals surface area contributed by atoms with E-state index in [1.165, 1.54) is 0 Å². The zero-order valence-corrected chi connectivity index (χ0v) is 13.4. The van der Waals surface area contributed by atoms with Crippen LogP contribution < -0.4 is 10.1 Å². The van der Waals surface area contributed by atoms with E-state index in [1.54, 1.807) is 12.1 Å². The van der Waals surface area contributed by atoms with Gasteiger partial charge in [-0.3, -0.25) is 4.79 Å². The van der Waals surface area contributed by atoms with Crippen molar-refractivity contribution in [2.45, 2.75) is 20.3 Å². The molecule has 3 nitrogen and oxygen atoms in total. The number of amides is 1. The van der Waals surface area contributed by atoms with E-state index in [1.807, 2.05) is 36.4 Å². The van der Waals surface area contributed by atoms with E-state index in [9.17, 15) is 4.79 Å². The first-order chi connectivity index (χ1) is 10.4. The lowest BCUT2D eigenvalue weighted by molar-refractivity contribution is -0.118. The molecule has 3 rings (SSSR count). The number of hydrogen-bond donors (Lipinski definition) is 1. The van der Waals surface area contributed by atoms with Crippen molar-refractivity contribution in [1.29, 1.82) is 0 Å². The summed E-state index contributed by atoms with van der Waals surface area (Å²) in [6, 6.07) is 14.5. The minimum absolute atomic E-state index is 0.0939. The second-order valence-electron chi connectivity index (χ2n) is 6.31. The first-order valence-corrected chi connectivity index (χ1v) is 7.66. The summed E-state index contributed by atoms with van der Waals surface area (Å²) in [6.07, 6.45) is 0.955. The van der Waals surface area contributed by atoms with Gasteiger partial charge >= 0.3 is 0 Å². The number of anilines is 1. The number of benzene rings is 2. The van der Waals surface area contributed by atoms with Gasteiger partial charge in [0.2, 0.25) is 5.91 Å². The maximum Gasteiger partial charge on any atom is 0.228 e. The van der Waals surface area contributed by atoms with Gasteiger partial charge in [-0.1, -0.05) is 25.4 Å². The van der Waals surface area contributed by atoms with Crippen molar-refractivity contribution in [1.82, 2.24) is 0 Å². The van der Waals surface area contributed by atoms with Crippen molar-refractivity contribution >= 4 is 23.2 Å². The van der Waals surface area contributed by atoms with Crippen LogP contribution in [0.25, 0.3) is 0 Å². The molecule has 0 radical (unpaired) electrons. The predicted molar refractivity (Wildman–Crippen MR) is 88.5 cm³/mol. The fraction of sp³-hybridized carbons (Fsp3) is 0.278. The molecule has 1 fully saturated rings. The van der Waals surface area contributed by atoms with Gasteiger partial charge in [0.1, 0.15) is 11.5 Å². The van der Waals surface area contributed by atoms with Gasteiger partial charge in [0.05, 0.1) is 0 Å². The lowest BCUT2D eigenvalue weighted by atomic mass is 10.1. The summed E-state index contributed by atoms with van der Waals surface area (Å²) in [4.78, 5) is 12.0. The third kappa shape index (κ3) is 3.42. The number of carbonyl (C=O) groups is 1. The zero-order chi connectivity index (χ0) is 15.7. The largest absolute Gasteiger partial charge is 0.457 e. The van der Waals surface area contributed by atoms with Crippen molar-refractivity contribution in [3.05, 3.63) is 53.6 Å². The molecule has 1 aliphatic carbocycles. The number of hydrogen-bond acceptors (Lipinski definition) is 2. The van der Waals surface area contributed by atoms with Gasteiger partial charge in [-0.05, 0) is 60.4 Å². The Bertz CT molecular complexity index is 677. The van der Waals surface area contributed by atoms with Crippen molar-refractivity contribution < 1.29 is 9.53 Å². The fourth-order valence-corrected chi connectivity index (χ4v) is 2.52. The molecule has 1 aliphatic rings. The second-order valence-corrected chi connectivity index (χ2v) is 6.75. The molecule has 2 aromatic carbocycles. The quantitative estimate of drug-likeness (QED) is 0.850. The molecule has 22 heavy (non-hydrogen) atoms. The number of nitrogens with one attached hydrogen (secondary N) is 1. The Balaban J connectivity index is 1.60. The van der Waals surface area contributed by atoms with E-state index in [0.717, 1.165) is 17.9 Å². The van der Waals surface area contributed by atoms with Crippen LogP contribution in [-0.4, -0.2) is 5.91 Å². The average molecular weight is 316 g/mol. The highest BCUT2D eigenvalue weighted by Crippen LogP contribution is 2.52. The first-order valence-electron chi connectivity index (χ1n) is 7.28. The second kappa shape index (κ2) is 5.65. The van der Waals surface area contributed by atoms with Gasteiger partial charge in [0.15, 0.2) is 0 Å². The van der Waals surface area contributed by atoms with Gasteiger partial charge in [0.25, 0.3) is 0 Å². The molecule has 0 spiro atoms. The van der Waals surface area contributed by atoms with Crippen molar-refractivity contribution in [3.63, 3.8) is 0 Å². The van der Waals surface area contributed by atoms with Crippen LogP contribution in [0.2, 0.25) is 5.02 Å². The van der Waals surface area contributed by atoms with Crippen LogP contribution in [0.15, 0.2) is 48.5 Å². The Kier molecular flexibility index (Phi) is 3.83. The Morgan fingerprint density at radius 3 is 2.09 bits per heavy atom. The summed E-state index contributed by atoms with van der Waals surface area (Å²) in [7, 11) is 0. The number of ether oxygens (including phenoxy) is 1. The van der Waals surface area contributed by atoms with E-state index in [0.29, 0.717) is 10.8 Å². The molecule has 0 aliphatic heterocycles. The minimum atomic E-state index is 0.0939. The van der Waals surface area contributed by atoms with E-state index >= 15 is 0 Å². The molecule has 1 saturated carbocycles.